The van der Waals surface area contributed by atoms with Gasteiger partial charge >= 0.3 is 5.97 Å². The molecule has 1 aromatic carbocycles. The summed E-state index contributed by atoms with van der Waals surface area (Å²) in [6, 6.07) is 11.6. The molecule has 0 saturated heterocycles. The van der Waals surface area contributed by atoms with E-state index < -0.39 is 16.8 Å². The van der Waals surface area contributed by atoms with E-state index in [0.29, 0.717) is 23.4 Å². The smallest absolute Gasteiger partial charge is 0.334 e. The van der Waals surface area contributed by atoms with E-state index in [-0.39, 0.29) is 11.3 Å². The van der Waals surface area contributed by atoms with Crippen molar-refractivity contribution in [3.63, 3.8) is 0 Å². The molecule has 2 N–H and O–H groups in total. The fourth-order valence-electron chi connectivity index (χ4n) is 3.34. The van der Waals surface area contributed by atoms with Gasteiger partial charge in [0, 0.05) is 17.0 Å². The standard InChI is InChI=1S/C19H18N2O4S/c1-11-16(19(22)23)17(18(21(24)25)12(2)20-11)14-8-9-26-15(14)10-13-6-4-3-5-7-13/h3-9,17,20H,10H2,1-2H3,(H,22,23). The molecule has 0 aliphatic carbocycles. The number of nitrogens with zero attached hydrogens (tertiary/aromatic N) is 1. The number of carboxylic acids is 1. The maximum atomic E-state index is 11.9. The number of thiophene rings is 1. The fourth-order valence-corrected chi connectivity index (χ4v) is 4.29. The van der Waals surface area contributed by atoms with Crippen molar-refractivity contribution < 1.29 is 14.8 Å². The number of nitrogens with one attached hydrogen (secondary N) is 1. The normalized spacial score (nSPS) is 17.2. The maximum Gasteiger partial charge on any atom is 0.334 e. The fraction of sp³-hybridized carbons (Fsp3) is 0.211. The van der Waals surface area contributed by atoms with E-state index in [1.807, 2.05) is 35.7 Å². The number of hydrogen-bond acceptors (Lipinski definition) is 5. The lowest BCUT2D eigenvalue weighted by Gasteiger charge is -2.25. The van der Waals surface area contributed by atoms with Crippen molar-refractivity contribution in [1.82, 2.24) is 5.32 Å². The lowest BCUT2D eigenvalue weighted by molar-refractivity contribution is -0.431. The zero-order valence-electron chi connectivity index (χ0n) is 14.4. The number of aliphatic carboxylic acids is 1. The van der Waals surface area contributed by atoms with Gasteiger partial charge in [-0.3, -0.25) is 10.1 Å². The van der Waals surface area contributed by atoms with Crippen molar-refractivity contribution in [1.29, 1.82) is 0 Å². The Balaban J connectivity index is 2.13. The minimum Gasteiger partial charge on any atom is -0.478 e. The van der Waals surface area contributed by atoms with E-state index >= 15 is 0 Å². The molecule has 0 fully saturated rings. The molecular formula is C19H18N2O4S. The second-order valence-electron chi connectivity index (χ2n) is 6.13. The summed E-state index contributed by atoms with van der Waals surface area (Å²) in [5.74, 6) is -2.04. The summed E-state index contributed by atoms with van der Waals surface area (Å²) in [5.41, 5.74) is 2.48. The van der Waals surface area contributed by atoms with Crippen LogP contribution < -0.4 is 5.32 Å². The highest BCUT2D eigenvalue weighted by Crippen LogP contribution is 2.41. The number of allylic oxidation sites excluding steroid dienone is 3. The third kappa shape index (κ3) is 3.25. The Bertz CT molecular complexity index is 892. The molecule has 1 aromatic heterocycles. The second kappa shape index (κ2) is 7.13. The Morgan fingerprint density at radius 2 is 1.92 bits per heavy atom. The average molecular weight is 370 g/mol. The first-order chi connectivity index (χ1) is 12.4. The number of dihydropyridines is 1. The molecule has 1 atom stereocenters. The molecule has 134 valence electrons. The van der Waals surface area contributed by atoms with Crippen LogP contribution in [0, 0.1) is 10.1 Å². The SMILES string of the molecule is CC1=C(C(=O)O)C(c2ccsc2Cc2ccccc2)C([N+](=O)[O-])=C(C)N1. The first kappa shape index (κ1) is 17.9. The highest BCUT2D eigenvalue weighted by molar-refractivity contribution is 7.10. The second-order valence-corrected chi connectivity index (χ2v) is 7.13. The number of hydrogen-bond donors (Lipinski definition) is 2. The lowest BCUT2D eigenvalue weighted by Crippen LogP contribution is -2.31. The number of carboxylic acid groups (broad SMARTS) is 1. The van der Waals surface area contributed by atoms with E-state index in [2.05, 4.69) is 5.32 Å². The Hall–Kier alpha value is -2.93. The van der Waals surface area contributed by atoms with E-state index in [1.54, 1.807) is 19.9 Å². The summed E-state index contributed by atoms with van der Waals surface area (Å²) < 4.78 is 0. The van der Waals surface area contributed by atoms with Crippen molar-refractivity contribution in [2.24, 2.45) is 0 Å². The van der Waals surface area contributed by atoms with Crippen LogP contribution >= 0.6 is 11.3 Å². The third-order valence-corrected chi connectivity index (χ3v) is 5.39. The van der Waals surface area contributed by atoms with E-state index in [4.69, 9.17) is 0 Å². The van der Waals surface area contributed by atoms with Crippen LogP contribution in [0.5, 0.6) is 0 Å². The largest absolute Gasteiger partial charge is 0.478 e. The van der Waals surface area contributed by atoms with Gasteiger partial charge in [0.05, 0.1) is 16.2 Å². The van der Waals surface area contributed by atoms with Crippen molar-refractivity contribution in [3.05, 3.63) is 90.6 Å². The van der Waals surface area contributed by atoms with Crippen molar-refractivity contribution in [3.8, 4) is 0 Å². The number of rotatable bonds is 5. The summed E-state index contributed by atoms with van der Waals surface area (Å²) in [6.07, 6.45) is 0.605. The zero-order chi connectivity index (χ0) is 18.8. The van der Waals surface area contributed by atoms with Gasteiger partial charge in [0.2, 0.25) is 0 Å². The molecule has 7 heteroatoms. The van der Waals surface area contributed by atoms with Crippen LogP contribution in [-0.4, -0.2) is 16.0 Å². The maximum absolute atomic E-state index is 11.9. The van der Waals surface area contributed by atoms with Gasteiger partial charge in [-0.05, 0) is 36.4 Å². The van der Waals surface area contributed by atoms with Crippen LogP contribution in [0.2, 0.25) is 0 Å². The van der Waals surface area contributed by atoms with Gasteiger partial charge in [-0.25, -0.2) is 4.79 Å². The van der Waals surface area contributed by atoms with Crippen molar-refractivity contribution in [2.75, 3.05) is 0 Å². The van der Waals surface area contributed by atoms with Crippen LogP contribution in [0.3, 0.4) is 0 Å². The van der Waals surface area contributed by atoms with Gasteiger partial charge in [0.25, 0.3) is 5.70 Å². The first-order valence-corrected chi connectivity index (χ1v) is 8.94. The number of nitro groups is 1. The molecule has 1 unspecified atom stereocenters. The molecule has 0 amide bonds. The van der Waals surface area contributed by atoms with Gasteiger partial charge in [-0.15, -0.1) is 11.3 Å². The van der Waals surface area contributed by atoms with Gasteiger partial charge in [-0.2, -0.15) is 0 Å². The molecule has 0 radical (unpaired) electrons. The van der Waals surface area contributed by atoms with Gasteiger partial charge < -0.3 is 10.4 Å². The van der Waals surface area contributed by atoms with Gasteiger partial charge in [0.15, 0.2) is 0 Å². The predicted molar refractivity (Wildman–Crippen MR) is 99.5 cm³/mol. The molecule has 0 saturated carbocycles. The quantitative estimate of drug-likeness (QED) is 0.615. The molecular weight excluding hydrogens is 352 g/mol. The zero-order valence-corrected chi connectivity index (χ0v) is 15.2. The molecule has 1 aliphatic rings. The third-order valence-electron chi connectivity index (χ3n) is 4.45. The van der Waals surface area contributed by atoms with Crippen LogP contribution in [0.1, 0.15) is 35.8 Å². The molecule has 6 nitrogen and oxygen atoms in total. The van der Waals surface area contributed by atoms with E-state index in [0.717, 1.165) is 10.4 Å². The lowest BCUT2D eigenvalue weighted by atomic mass is 9.83. The molecule has 2 aromatic rings. The Morgan fingerprint density at radius 3 is 2.54 bits per heavy atom. The molecule has 3 rings (SSSR count). The first-order valence-electron chi connectivity index (χ1n) is 8.06. The highest BCUT2D eigenvalue weighted by atomic mass is 32.1. The average Bonchev–Trinajstić information content (AvgIpc) is 3.02. The molecule has 2 heterocycles. The Morgan fingerprint density at radius 1 is 1.23 bits per heavy atom. The predicted octanol–water partition coefficient (Wildman–Crippen LogP) is 3.89. The summed E-state index contributed by atoms with van der Waals surface area (Å²) in [5, 5.41) is 26.1. The monoisotopic (exact) mass is 370 g/mol. The van der Waals surface area contributed by atoms with E-state index in [1.165, 1.54) is 11.3 Å². The molecule has 26 heavy (non-hydrogen) atoms. The Labute approximate surface area is 154 Å². The minimum absolute atomic E-state index is 0.0232. The molecule has 0 bridgehead atoms. The van der Waals surface area contributed by atoms with Crippen LogP contribution in [0.4, 0.5) is 0 Å². The summed E-state index contributed by atoms with van der Waals surface area (Å²) in [6.45, 7) is 3.25. The summed E-state index contributed by atoms with van der Waals surface area (Å²) in [4.78, 5) is 24.0. The molecule has 0 spiro atoms. The number of carbonyl (C=O) groups is 1. The van der Waals surface area contributed by atoms with Crippen LogP contribution in [-0.2, 0) is 11.2 Å². The number of benzene rings is 1. The van der Waals surface area contributed by atoms with Crippen LogP contribution in [0.15, 0.2) is 64.4 Å². The van der Waals surface area contributed by atoms with Crippen molar-refractivity contribution in [2.45, 2.75) is 26.2 Å². The summed E-state index contributed by atoms with van der Waals surface area (Å²) >= 11 is 1.49. The Kier molecular flexibility index (Phi) is 4.90. The topological polar surface area (TPSA) is 92.5 Å². The highest BCUT2D eigenvalue weighted by Gasteiger charge is 2.41. The van der Waals surface area contributed by atoms with Gasteiger partial charge in [0.1, 0.15) is 5.92 Å². The molecule has 1 aliphatic heterocycles. The van der Waals surface area contributed by atoms with E-state index in [9.17, 15) is 20.0 Å². The van der Waals surface area contributed by atoms with Crippen LogP contribution in [0.25, 0.3) is 0 Å². The van der Waals surface area contributed by atoms with Crippen molar-refractivity contribution >= 4 is 17.3 Å². The van der Waals surface area contributed by atoms with Gasteiger partial charge in [-0.1, -0.05) is 30.3 Å². The summed E-state index contributed by atoms with van der Waals surface area (Å²) in [7, 11) is 0. The minimum atomic E-state index is -1.15.